The minimum Gasteiger partial charge on any atom is -0.508 e. The molecule has 2 aromatic carbocycles. The summed E-state index contributed by atoms with van der Waals surface area (Å²) in [6, 6.07) is 14.5. The Kier molecular flexibility index (Phi) is 4.51. The van der Waals surface area contributed by atoms with E-state index in [-0.39, 0.29) is 23.0 Å². The van der Waals surface area contributed by atoms with Crippen LogP contribution in [0.25, 0.3) is 0 Å². The first-order chi connectivity index (χ1) is 11.1. The third-order valence-electron chi connectivity index (χ3n) is 4.47. The van der Waals surface area contributed by atoms with Crippen molar-refractivity contribution in [2.75, 3.05) is 13.1 Å². The van der Waals surface area contributed by atoms with Gasteiger partial charge in [0.25, 0.3) is 5.91 Å². The van der Waals surface area contributed by atoms with Gasteiger partial charge in [0.15, 0.2) is 0 Å². The molecule has 2 aromatic rings. The van der Waals surface area contributed by atoms with E-state index in [4.69, 9.17) is 0 Å². The number of aryl methyl sites for hydroxylation is 1. The molecule has 0 saturated carbocycles. The van der Waals surface area contributed by atoms with Gasteiger partial charge in [-0.1, -0.05) is 30.3 Å². The normalized spacial score (nSPS) is 17.4. The first kappa shape index (κ1) is 15.4. The Balaban J connectivity index is 1.57. The second-order valence-electron chi connectivity index (χ2n) is 6.13. The van der Waals surface area contributed by atoms with Crippen molar-refractivity contribution in [3.63, 3.8) is 0 Å². The van der Waals surface area contributed by atoms with Crippen molar-refractivity contribution in [1.82, 2.24) is 4.90 Å². The highest BCUT2D eigenvalue weighted by Crippen LogP contribution is 2.27. The molecule has 4 heteroatoms. The molecule has 1 saturated heterocycles. The molecule has 1 aliphatic rings. The van der Waals surface area contributed by atoms with E-state index in [9.17, 15) is 15.0 Å². The lowest BCUT2D eigenvalue weighted by Crippen LogP contribution is -2.28. The quantitative estimate of drug-likeness (QED) is 0.911. The zero-order valence-electron chi connectivity index (χ0n) is 13.0. The monoisotopic (exact) mass is 311 g/mol. The second-order valence-corrected chi connectivity index (χ2v) is 6.13. The number of carbonyl (C=O) groups is 1. The second kappa shape index (κ2) is 6.73. The van der Waals surface area contributed by atoms with E-state index >= 15 is 0 Å². The highest BCUT2D eigenvalue weighted by Gasteiger charge is 2.28. The molecule has 1 heterocycles. The van der Waals surface area contributed by atoms with Crippen LogP contribution in [0.4, 0.5) is 0 Å². The zero-order chi connectivity index (χ0) is 16.2. The molecule has 4 nitrogen and oxygen atoms in total. The molecule has 1 atom stereocenters. The van der Waals surface area contributed by atoms with Gasteiger partial charge in [-0.25, -0.2) is 0 Å². The molecule has 0 aliphatic carbocycles. The van der Waals surface area contributed by atoms with Gasteiger partial charge < -0.3 is 15.1 Å². The zero-order valence-corrected chi connectivity index (χ0v) is 13.0. The van der Waals surface area contributed by atoms with Gasteiger partial charge in [0.1, 0.15) is 11.5 Å². The number of hydrogen-bond donors (Lipinski definition) is 2. The lowest BCUT2D eigenvalue weighted by atomic mass is 9.99. The predicted molar refractivity (Wildman–Crippen MR) is 88.5 cm³/mol. The maximum absolute atomic E-state index is 12.5. The van der Waals surface area contributed by atoms with Crippen LogP contribution in [0.15, 0.2) is 48.5 Å². The molecule has 120 valence electrons. The van der Waals surface area contributed by atoms with E-state index in [1.54, 1.807) is 4.90 Å². The number of aromatic hydroxyl groups is 2. The van der Waals surface area contributed by atoms with Crippen LogP contribution in [0, 0.1) is 5.92 Å². The number of phenols is 2. The van der Waals surface area contributed by atoms with Crippen molar-refractivity contribution in [1.29, 1.82) is 0 Å². The van der Waals surface area contributed by atoms with Crippen molar-refractivity contribution < 1.29 is 15.0 Å². The summed E-state index contributed by atoms with van der Waals surface area (Å²) in [5, 5.41) is 19.2. The van der Waals surface area contributed by atoms with Crippen LogP contribution in [0.5, 0.6) is 11.5 Å². The average molecular weight is 311 g/mol. The molecule has 1 unspecified atom stereocenters. The summed E-state index contributed by atoms with van der Waals surface area (Å²) in [7, 11) is 0. The molecule has 0 radical (unpaired) electrons. The van der Waals surface area contributed by atoms with Crippen molar-refractivity contribution in [2.45, 2.75) is 19.3 Å². The molecule has 0 aromatic heterocycles. The van der Waals surface area contributed by atoms with Crippen LogP contribution in [0.1, 0.15) is 28.8 Å². The van der Waals surface area contributed by atoms with Crippen molar-refractivity contribution >= 4 is 5.91 Å². The predicted octanol–water partition coefficient (Wildman–Crippen LogP) is 3.19. The molecule has 23 heavy (non-hydrogen) atoms. The number of amides is 1. The highest BCUT2D eigenvalue weighted by atomic mass is 16.3. The molecule has 1 amide bonds. The number of carbonyl (C=O) groups excluding carboxylic acids is 1. The van der Waals surface area contributed by atoms with Gasteiger partial charge >= 0.3 is 0 Å². The van der Waals surface area contributed by atoms with E-state index in [0.29, 0.717) is 5.92 Å². The Labute approximate surface area is 136 Å². The van der Waals surface area contributed by atoms with Gasteiger partial charge in [-0.15, -0.1) is 0 Å². The smallest absolute Gasteiger partial charge is 0.257 e. The van der Waals surface area contributed by atoms with Gasteiger partial charge in [0, 0.05) is 19.2 Å². The fourth-order valence-electron chi connectivity index (χ4n) is 3.14. The fraction of sp³-hybridized carbons (Fsp3) is 0.316. The van der Waals surface area contributed by atoms with Gasteiger partial charge in [-0.3, -0.25) is 4.79 Å². The van der Waals surface area contributed by atoms with E-state index < -0.39 is 0 Å². The first-order valence-electron chi connectivity index (χ1n) is 7.98. The minimum absolute atomic E-state index is 0.0405. The molecule has 3 rings (SSSR count). The number of likely N-dealkylation sites (tertiary alicyclic amines) is 1. The summed E-state index contributed by atoms with van der Waals surface area (Å²) < 4.78 is 0. The molecule has 0 bridgehead atoms. The van der Waals surface area contributed by atoms with Crippen molar-refractivity contribution in [3.05, 3.63) is 59.7 Å². The van der Waals surface area contributed by atoms with Crippen LogP contribution < -0.4 is 0 Å². The summed E-state index contributed by atoms with van der Waals surface area (Å²) in [5.41, 5.74) is 1.58. The maximum Gasteiger partial charge on any atom is 0.257 e. The summed E-state index contributed by atoms with van der Waals surface area (Å²) in [4.78, 5) is 14.3. The van der Waals surface area contributed by atoms with Crippen LogP contribution in [-0.4, -0.2) is 34.1 Å². The molecular formula is C19H21NO3. The third kappa shape index (κ3) is 3.65. The standard InChI is InChI=1S/C19H21NO3/c21-16-8-9-17(18(22)12-16)19(23)20-11-10-15(13-20)7-6-14-4-2-1-3-5-14/h1-5,8-9,12,15,21-22H,6-7,10-11,13H2. The van der Waals surface area contributed by atoms with Gasteiger partial charge in [0.05, 0.1) is 5.56 Å². The summed E-state index contributed by atoms with van der Waals surface area (Å²) >= 11 is 0. The summed E-state index contributed by atoms with van der Waals surface area (Å²) in [6.07, 6.45) is 3.09. The van der Waals surface area contributed by atoms with Gasteiger partial charge in [-0.2, -0.15) is 0 Å². The third-order valence-corrected chi connectivity index (χ3v) is 4.47. The summed E-state index contributed by atoms with van der Waals surface area (Å²) in [5.74, 6) is 0.132. The Morgan fingerprint density at radius 2 is 1.91 bits per heavy atom. The van der Waals surface area contributed by atoms with E-state index in [1.165, 1.54) is 23.8 Å². The number of hydrogen-bond acceptors (Lipinski definition) is 3. The van der Waals surface area contributed by atoms with Crippen LogP contribution in [0.2, 0.25) is 0 Å². The Morgan fingerprint density at radius 3 is 2.65 bits per heavy atom. The molecular weight excluding hydrogens is 290 g/mol. The van der Waals surface area contributed by atoms with Crippen LogP contribution in [0.3, 0.4) is 0 Å². The lowest BCUT2D eigenvalue weighted by molar-refractivity contribution is 0.0783. The average Bonchev–Trinajstić information content (AvgIpc) is 3.02. The number of nitrogens with zero attached hydrogens (tertiary/aromatic N) is 1. The minimum atomic E-state index is -0.164. The molecule has 1 aliphatic heterocycles. The lowest BCUT2D eigenvalue weighted by Gasteiger charge is -2.17. The largest absolute Gasteiger partial charge is 0.508 e. The highest BCUT2D eigenvalue weighted by molar-refractivity contribution is 5.97. The van der Waals surface area contributed by atoms with Gasteiger partial charge in [0.2, 0.25) is 0 Å². The summed E-state index contributed by atoms with van der Waals surface area (Å²) in [6.45, 7) is 1.45. The number of rotatable bonds is 4. The van der Waals surface area contributed by atoms with Crippen LogP contribution in [-0.2, 0) is 6.42 Å². The Morgan fingerprint density at radius 1 is 1.13 bits per heavy atom. The molecule has 0 spiro atoms. The van der Waals surface area contributed by atoms with Crippen molar-refractivity contribution in [3.8, 4) is 11.5 Å². The Bertz CT molecular complexity index is 684. The first-order valence-corrected chi connectivity index (χ1v) is 7.98. The molecule has 2 N–H and O–H groups in total. The van der Waals surface area contributed by atoms with Crippen molar-refractivity contribution in [2.24, 2.45) is 5.92 Å². The topological polar surface area (TPSA) is 60.8 Å². The Hall–Kier alpha value is -2.49. The SMILES string of the molecule is O=C(c1ccc(O)cc1O)N1CCC(CCc2ccccc2)C1. The van der Waals surface area contributed by atoms with E-state index in [1.807, 2.05) is 18.2 Å². The maximum atomic E-state index is 12.5. The number of benzene rings is 2. The molecule has 1 fully saturated rings. The van der Waals surface area contributed by atoms with Crippen LogP contribution >= 0.6 is 0 Å². The number of phenolic OH excluding ortho intramolecular Hbond substituents is 2. The fourth-order valence-corrected chi connectivity index (χ4v) is 3.14. The van der Waals surface area contributed by atoms with E-state index in [2.05, 4.69) is 12.1 Å². The van der Waals surface area contributed by atoms with E-state index in [0.717, 1.165) is 32.4 Å². The van der Waals surface area contributed by atoms with Gasteiger partial charge in [-0.05, 0) is 42.9 Å².